The molecule has 47 heavy (non-hydrogen) atoms. The first-order valence-electron chi connectivity index (χ1n) is 14.9. The number of nitriles is 2. The highest BCUT2D eigenvalue weighted by atomic mass is 19.1. The molecule has 1 aliphatic rings. The number of rotatable bonds is 10. The van der Waals surface area contributed by atoms with Crippen LogP contribution < -0.4 is 20.4 Å². The molecule has 4 N–H and O–H groups in total. The molecule has 0 spiro atoms. The van der Waals surface area contributed by atoms with Crippen molar-refractivity contribution in [1.29, 1.82) is 10.5 Å². The highest BCUT2D eigenvalue weighted by Gasteiger charge is 2.26. The van der Waals surface area contributed by atoms with Crippen LogP contribution >= 0.6 is 0 Å². The number of anilines is 1. The number of methoxy groups -OCH3 is 1. The Balaban J connectivity index is 1.39. The second-order valence-electron chi connectivity index (χ2n) is 10.9. The second-order valence-corrected chi connectivity index (χ2v) is 10.9. The largest absolute Gasteiger partial charge is 0.504 e. The number of carbonyl (C=O) groups is 1. The predicted molar refractivity (Wildman–Crippen MR) is 173 cm³/mol. The van der Waals surface area contributed by atoms with Gasteiger partial charge in [-0.25, -0.2) is 14.9 Å². The molecule has 4 aromatic rings. The van der Waals surface area contributed by atoms with E-state index in [9.17, 15) is 24.8 Å². The van der Waals surface area contributed by atoms with Gasteiger partial charge in [0.1, 0.15) is 17.7 Å². The molecular formula is C35H32FN7O4. The van der Waals surface area contributed by atoms with Gasteiger partial charge in [-0.1, -0.05) is 18.2 Å². The molecule has 0 atom stereocenters. The molecule has 1 amide bonds. The summed E-state index contributed by atoms with van der Waals surface area (Å²) in [7, 11) is 1.46. The van der Waals surface area contributed by atoms with Gasteiger partial charge in [-0.2, -0.15) is 10.5 Å². The first kappa shape index (κ1) is 32.6. The first-order valence-corrected chi connectivity index (χ1v) is 14.9. The Hall–Kier alpha value is -5.82. The number of piperidine rings is 1. The number of hydrogen-bond acceptors (Lipinski definition) is 10. The van der Waals surface area contributed by atoms with E-state index in [2.05, 4.69) is 21.3 Å². The number of hydrogen-bond donors (Lipinski definition) is 4. The monoisotopic (exact) mass is 633 g/mol. The Labute approximate surface area is 271 Å². The molecule has 5 rings (SSSR count). The number of carbonyl (C=O) groups excluding carboxylic acids is 1. The first-order chi connectivity index (χ1) is 22.8. The molecule has 238 valence electrons. The average Bonchev–Trinajstić information content (AvgIpc) is 3.10. The third-order valence-electron chi connectivity index (χ3n) is 8.03. The lowest BCUT2D eigenvalue weighted by Gasteiger charge is -2.35. The second kappa shape index (κ2) is 15.0. The summed E-state index contributed by atoms with van der Waals surface area (Å²) in [6.07, 6.45) is 7.73. The van der Waals surface area contributed by atoms with Gasteiger partial charge in [0.2, 0.25) is 0 Å². The van der Waals surface area contributed by atoms with Crippen LogP contribution in [-0.4, -0.2) is 52.4 Å². The van der Waals surface area contributed by atoms with Crippen LogP contribution in [0.2, 0.25) is 0 Å². The van der Waals surface area contributed by atoms with E-state index in [1.165, 1.54) is 36.9 Å². The highest BCUT2D eigenvalue weighted by molar-refractivity contribution is 5.90. The summed E-state index contributed by atoms with van der Waals surface area (Å²) in [6, 6.07) is 17.4. The van der Waals surface area contributed by atoms with Gasteiger partial charge in [-0.05, 0) is 71.5 Å². The van der Waals surface area contributed by atoms with Crippen LogP contribution in [-0.2, 0) is 17.8 Å². The summed E-state index contributed by atoms with van der Waals surface area (Å²) in [5.41, 5.74) is 5.96. The van der Waals surface area contributed by atoms with Gasteiger partial charge in [0.15, 0.2) is 11.5 Å². The summed E-state index contributed by atoms with van der Waals surface area (Å²) in [5.74, 6) is -0.441. The maximum atomic E-state index is 14.9. The van der Waals surface area contributed by atoms with Crippen molar-refractivity contribution in [2.24, 2.45) is 0 Å². The number of benzene rings is 2. The summed E-state index contributed by atoms with van der Waals surface area (Å²) in [6.45, 7) is 1.94. The number of hydroxylamine groups is 1. The Morgan fingerprint density at radius 2 is 1.89 bits per heavy atom. The van der Waals surface area contributed by atoms with E-state index < -0.39 is 11.7 Å². The van der Waals surface area contributed by atoms with Crippen molar-refractivity contribution < 1.29 is 24.2 Å². The summed E-state index contributed by atoms with van der Waals surface area (Å²) < 4.78 is 20.1. The van der Waals surface area contributed by atoms with E-state index in [0.29, 0.717) is 64.7 Å². The number of phenols is 1. The Kier molecular flexibility index (Phi) is 10.4. The van der Waals surface area contributed by atoms with Gasteiger partial charge in [0.25, 0.3) is 5.91 Å². The van der Waals surface area contributed by atoms with Crippen molar-refractivity contribution >= 4 is 17.8 Å². The lowest BCUT2D eigenvalue weighted by atomic mass is 9.89. The lowest BCUT2D eigenvalue weighted by molar-refractivity contribution is -0.124. The van der Waals surface area contributed by atoms with Crippen molar-refractivity contribution in [1.82, 2.24) is 20.8 Å². The fourth-order valence-corrected chi connectivity index (χ4v) is 5.62. The third kappa shape index (κ3) is 7.53. The number of halogens is 1. The van der Waals surface area contributed by atoms with Crippen molar-refractivity contribution in [3.63, 3.8) is 0 Å². The zero-order chi connectivity index (χ0) is 33.3. The van der Waals surface area contributed by atoms with E-state index >= 15 is 0 Å². The van der Waals surface area contributed by atoms with Gasteiger partial charge in [0.05, 0.1) is 30.9 Å². The molecule has 11 nitrogen and oxygen atoms in total. The molecule has 1 aliphatic heterocycles. The van der Waals surface area contributed by atoms with Gasteiger partial charge >= 0.3 is 0 Å². The number of amides is 1. The Bertz CT molecular complexity index is 1870. The maximum Gasteiger partial charge on any atom is 0.267 e. The molecule has 1 fully saturated rings. The van der Waals surface area contributed by atoms with Crippen molar-refractivity contribution in [2.75, 3.05) is 25.1 Å². The molecule has 12 heteroatoms. The molecule has 2 aromatic carbocycles. The summed E-state index contributed by atoms with van der Waals surface area (Å²) >= 11 is 0. The van der Waals surface area contributed by atoms with Gasteiger partial charge < -0.3 is 20.1 Å². The van der Waals surface area contributed by atoms with E-state index in [1.54, 1.807) is 42.7 Å². The zero-order valence-electron chi connectivity index (χ0n) is 25.6. The minimum Gasteiger partial charge on any atom is -0.504 e. The molecule has 0 saturated carbocycles. The fourth-order valence-electron chi connectivity index (χ4n) is 5.62. The zero-order valence-corrected chi connectivity index (χ0v) is 25.6. The van der Waals surface area contributed by atoms with Crippen LogP contribution in [0.3, 0.4) is 0 Å². The topological polar surface area (TPSA) is 167 Å². The van der Waals surface area contributed by atoms with E-state index in [-0.39, 0.29) is 23.8 Å². The number of aromatic hydroxyl groups is 1. The highest BCUT2D eigenvalue weighted by Crippen LogP contribution is 2.41. The molecule has 0 aliphatic carbocycles. The minimum absolute atomic E-state index is 0.0102. The number of pyridine rings is 2. The Morgan fingerprint density at radius 3 is 2.53 bits per heavy atom. The van der Waals surface area contributed by atoms with E-state index in [4.69, 9.17) is 14.9 Å². The number of nitrogens with zero attached hydrogens (tertiary/aromatic N) is 5. The molecule has 1 saturated heterocycles. The fraction of sp³-hybridized carbons (Fsp3) is 0.229. The normalized spacial score (nSPS) is 13.3. The maximum absolute atomic E-state index is 14.9. The molecule has 0 bridgehead atoms. The summed E-state index contributed by atoms with van der Waals surface area (Å²) in [5, 5.41) is 41.9. The number of phenolic OH excluding ortho intramolecular Hbond substituents is 1. The van der Waals surface area contributed by atoms with Gasteiger partial charge in [-0.3, -0.25) is 15.0 Å². The summed E-state index contributed by atoms with van der Waals surface area (Å²) in [4.78, 5) is 22.4. The van der Waals surface area contributed by atoms with Crippen LogP contribution in [0.1, 0.15) is 35.2 Å². The van der Waals surface area contributed by atoms with Crippen molar-refractivity contribution in [3.8, 4) is 45.9 Å². The van der Waals surface area contributed by atoms with E-state index in [1.807, 2.05) is 12.1 Å². The molecular weight excluding hydrogens is 601 g/mol. The predicted octanol–water partition coefficient (Wildman–Crippen LogP) is 4.88. The third-order valence-corrected chi connectivity index (χ3v) is 8.03. The molecule has 0 radical (unpaired) electrons. The number of aromatic nitrogens is 2. The SMILES string of the molecule is COc1ccc(-c2cnc(N3CCC(NCc4ccc(/C=C/C(=O)NO)nc4)CC3)c(CC#N)c2-c2ccc(C#N)c(F)c2)cc1O. The molecule has 3 heterocycles. The van der Waals surface area contributed by atoms with Crippen LogP contribution in [0.15, 0.2) is 67.0 Å². The van der Waals surface area contributed by atoms with Gasteiger partial charge in [-0.15, -0.1) is 0 Å². The molecule has 0 unspecified atom stereocenters. The lowest BCUT2D eigenvalue weighted by Crippen LogP contribution is -2.43. The van der Waals surface area contributed by atoms with Crippen molar-refractivity contribution in [3.05, 3.63) is 95.2 Å². The average molecular weight is 634 g/mol. The Morgan fingerprint density at radius 1 is 1.11 bits per heavy atom. The minimum atomic E-state index is -0.669. The smallest absolute Gasteiger partial charge is 0.267 e. The van der Waals surface area contributed by atoms with Crippen LogP contribution in [0.4, 0.5) is 10.2 Å². The van der Waals surface area contributed by atoms with Crippen LogP contribution in [0, 0.1) is 28.5 Å². The van der Waals surface area contributed by atoms with E-state index in [0.717, 1.165) is 18.4 Å². The number of nitrogens with one attached hydrogen (secondary N) is 2. The van der Waals surface area contributed by atoms with Crippen LogP contribution in [0.25, 0.3) is 28.3 Å². The van der Waals surface area contributed by atoms with Crippen LogP contribution in [0.5, 0.6) is 11.5 Å². The number of ether oxygens (including phenoxy) is 1. The quantitative estimate of drug-likeness (QED) is 0.107. The standard InChI is InChI=1S/C35H32FN7O4/c1-47-32-8-5-23(17-31(32)44)29-21-41-35(28(10-13-37)34(29)24-3-4-25(18-38)30(36)16-24)43-14-11-27(12-15-43)40-20-22-2-6-26(39-19-22)7-9-33(45)42-46/h2-9,16-17,19,21,27,40,44,46H,10-12,14-15,20H2,1H3,(H,42,45)/b9-7+. The molecule has 2 aromatic heterocycles. The van der Waals surface area contributed by atoms with Gasteiger partial charge in [0, 0.05) is 55.3 Å². The van der Waals surface area contributed by atoms with Crippen molar-refractivity contribution in [2.45, 2.75) is 31.8 Å².